The summed E-state index contributed by atoms with van der Waals surface area (Å²) in [7, 11) is 0. The summed E-state index contributed by atoms with van der Waals surface area (Å²) in [4.78, 5) is 0. The molecule has 4 nitrogen and oxygen atoms in total. The minimum atomic E-state index is 0.432. The molecule has 4 N–H and O–H groups in total. The largest absolute Gasteiger partial charge is 0.384 e. The lowest BCUT2D eigenvalue weighted by atomic mass is 10.3. The van der Waals surface area contributed by atoms with Gasteiger partial charge in [0.1, 0.15) is 11.6 Å². The molecule has 66 valence electrons. The number of anilines is 2. The Kier molecular flexibility index (Phi) is 1.66. The van der Waals surface area contributed by atoms with Crippen LogP contribution in [0.4, 0.5) is 11.6 Å². The molecule has 0 saturated carbocycles. The minimum absolute atomic E-state index is 0.432. The fourth-order valence-electron chi connectivity index (χ4n) is 1.19. The maximum Gasteiger partial charge on any atom is 0.148 e. The van der Waals surface area contributed by atoms with Crippen LogP contribution in [0.3, 0.4) is 0 Å². The third-order valence-electron chi connectivity index (χ3n) is 1.76. The molecule has 1 aromatic heterocycles. The highest BCUT2D eigenvalue weighted by Crippen LogP contribution is 2.14. The highest BCUT2D eigenvalue weighted by Gasteiger charge is 2.02. The number of aromatic nitrogens is 2. The maximum absolute atomic E-state index is 5.69. The van der Waals surface area contributed by atoms with Gasteiger partial charge < -0.3 is 11.5 Å². The van der Waals surface area contributed by atoms with Crippen LogP contribution in [0.5, 0.6) is 0 Å². The summed E-state index contributed by atoms with van der Waals surface area (Å²) in [6.07, 6.45) is 0. The van der Waals surface area contributed by atoms with Gasteiger partial charge in [-0.2, -0.15) is 0 Å². The molecule has 2 rings (SSSR count). The molecule has 0 fully saturated rings. The normalized spacial score (nSPS) is 10.2. The fraction of sp³-hybridized carbons (Fsp3) is 0. The van der Waals surface area contributed by atoms with Crippen LogP contribution in [0.25, 0.3) is 5.69 Å². The van der Waals surface area contributed by atoms with E-state index in [1.807, 2.05) is 30.3 Å². The molecule has 0 aliphatic carbocycles. The number of benzene rings is 1. The van der Waals surface area contributed by atoms with Gasteiger partial charge in [0, 0.05) is 6.07 Å². The Bertz CT molecular complexity index is 405. The molecule has 1 aromatic carbocycles. The van der Waals surface area contributed by atoms with Crippen molar-refractivity contribution in [1.82, 2.24) is 9.78 Å². The number of nitrogens with zero attached hydrogens (tertiary/aromatic N) is 2. The third kappa shape index (κ3) is 1.33. The van der Waals surface area contributed by atoms with Gasteiger partial charge in [-0.1, -0.05) is 18.2 Å². The van der Waals surface area contributed by atoms with Gasteiger partial charge in [-0.3, -0.25) is 0 Å². The van der Waals surface area contributed by atoms with Gasteiger partial charge in [-0.25, -0.2) is 4.68 Å². The topological polar surface area (TPSA) is 69.9 Å². The monoisotopic (exact) mass is 174 g/mol. The van der Waals surface area contributed by atoms with E-state index in [2.05, 4.69) is 5.10 Å². The average molecular weight is 174 g/mol. The van der Waals surface area contributed by atoms with Crippen molar-refractivity contribution < 1.29 is 0 Å². The second kappa shape index (κ2) is 2.82. The quantitative estimate of drug-likeness (QED) is 0.678. The van der Waals surface area contributed by atoms with E-state index in [-0.39, 0.29) is 0 Å². The summed E-state index contributed by atoms with van der Waals surface area (Å²) < 4.78 is 1.61. The van der Waals surface area contributed by atoms with Crippen molar-refractivity contribution in [3.05, 3.63) is 36.4 Å². The zero-order valence-corrected chi connectivity index (χ0v) is 7.01. The van der Waals surface area contributed by atoms with Crippen molar-refractivity contribution in [2.45, 2.75) is 0 Å². The maximum atomic E-state index is 5.69. The van der Waals surface area contributed by atoms with Crippen molar-refractivity contribution in [2.75, 3.05) is 11.5 Å². The van der Waals surface area contributed by atoms with Gasteiger partial charge in [0.05, 0.1) is 5.69 Å². The molecule has 0 bridgehead atoms. The lowest BCUT2D eigenvalue weighted by Gasteiger charge is -2.01. The molecule has 0 radical (unpaired) electrons. The summed E-state index contributed by atoms with van der Waals surface area (Å²) in [6.45, 7) is 0. The summed E-state index contributed by atoms with van der Waals surface area (Å²) >= 11 is 0. The van der Waals surface area contributed by atoms with E-state index in [4.69, 9.17) is 11.5 Å². The van der Waals surface area contributed by atoms with Crippen molar-refractivity contribution in [3.63, 3.8) is 0 Å². The van der Waals surface area contributed by atoms with E-state index in [1.54, 1.807) is 10.7 Å². The Labute approximate surface area is 75.8 Å². The number of nitrogens with two attached hydrogens (primary N) is 2. The number of para-hydroxylation sites is 1. The molecular formula is C9H10N4. The van der Waals surface area contributed by atoms with E-state index in [9.17, 15) is 0 Å². The SMILES string of the molecule is Nc1cc(N)n(-c2ccccc2)n1. The first-order chi connectivity index (χ1) is 6.27. The van der Waals surface area contributed by atoms with Crippen LogP contribution >= 0.6 is 0 Å². The highest BCUT2D eigenvalue weighted by atomic mass is 15.3. The predicted octanol–water partition coefficient (Wildman–Crippen LogP) is 1.04. The summed E-state index contributed by atoms with van der Waals surface area (Å²) in [5.74, 6) is 0.977. The van der Waals surface area contributed by atoms with Crippen molar-refractivity contribution in [2.24, 2.45) is 0 Å². The number of hydrogen-bond donors (Lipinski definition) is 2. The van der Waals surface area contributed by atoms with E-state index in [1.165, 1.54) is 0 Å². The predicted molar refractivity (Wildman–Crippen MR) is 52.4 cm³/mol. The lowest BCUT2D eigenvalue weighted by molar-refractivity contribution is 0.897. The molecular weight excluding hydrogens is 164 g/mol. The van der Waals surface area contributed by atoms with Gasteiger partial charge in [0.15, 0.2) is 0 Å². The van der Waals surface area contributed by atoms with Crippen LogP contribution in [-0.2, 0) is 0 Å². The molecule has 0 amide bonds. The van der Waals surface area contributed by atoms with Crippen LogP contribution in [0.15, 0.2) is 36.4 Å². The summed E-state index contributed by atoms with van der Waals surface area (Å²) in [6, 6.07) is 11.3. The molecule has 0 aliphatic heterocycles. The molecule has 4 heteroatoms. The molecule has 0 unspecified atom stereocenters. The Morgan fingerprint density at radius 3 is 2.31 bits per heavy atom. The average Bonchev–Trinajstić information content (AvgIpc) is 2.47. The first-order valence-corrected chi connectivity index (χ1v) is 3.94. The first-order valence-electron chi connectivity index (χ1n) is 3.94. The van der Waals surface area contributed by atoms with Gasteiger partial charge in [0.2, 0.25) is 0 Å². The molecule has 0 saturated heterocycles. The van der Waals surface area contributed by atoms with E-state index >= 15 is 0 Å². The second-order valence-corrected chi connectivity index (χ2v) is 2.74. The number of hydrogen-bond acceptors (Lipinski definition) is 3. The number of nitrogen functional groups attached to an aromatic ring is 2. The zero-order valence-electron chi connectivity index (χ0n) is 7.01. The van der Waals surface area contributed by atoms with Crippen LogP contribution in [-0.4, -0.2) is 9.78 Å². The van der Waals surface area contributed by atoms with E-state index in [0.29, 0.717) is 11.6 Å². The Hall–Kier alpha value is -1.97. The standard InChI is InChI=1S/C9H10N4/c10-8-6-9(11)13(12-8)7-4-2-1-3-5-7/h1-6H,11H2,(H2,10,12). The zero-order chi connectivity index (χ0) is 9.26. The lowest BCUT2D eigenvalue weighted by Crippen LogP contribution is -2.01. The molecule has 13 heavy (non-hydrogen) atoms. The van der Waals surface area contributed by atoms with Crippen molar-refractivity contribution >= 4 is 11.6 Å². The van der Waals surface area contributed by atoms with E-state index < -0.39 is 0 Å². The second-order valence-electron chi connectivity index (χ2n) is 2.74. The summed E-state index contributed by atoms with van der Waals surface area (Å²) in [5.41, 5.74) is 12.1. The molecule has 2 aromatic rings. The molecule has 1 heterocycles. The van der Waals surface area contributed by atoms with Gasteiger partial charge in [-0.15, -0.1) is 5.10 Å². The van der Waals surface area contributed by atoms with Gasteiger partial charge >= 0.3 is 0 Å². The van der Waals surface area contributed by atoms with E-state index in [0.717, 1.165) is 5.69 Å². The van der Waals surface area contributed by atoms with Crippen LogP contribution in [0.1, 0.15) is 0 Å². The van der Waals surface area contributed by atoms with Crippen molar-refractivity contribution in [1.29, 1.82) is 0 Å². The first kappa shape index (κ1) is 7.67. The Morgan fingerprint density at radius 2 is 1.77 bits per heavy atom. The smallest absolute Gasteiger partial charge is 0.148 e. The van der Waals surface area contributed by atoms with Crippen LogP contribution < -0.4 is 11.5 Å². The Balaban J connectivity index is 2.53. The molecule has 0 aliphatic rings. The summed E-state index contributed by atoms with van der Waals surface area (Å²) in [5, 5.41) is 4.05. The third-order valence-corrected chi connectivity index (χ3v) is 1.76. The highest BCUT2D eigenvalue weighted by molar-refractivity contribution is 5.48. The fourth-order valence-corrected chi connectivity index (χ4v) is 1.19. The van der Waals surface area contributed by atoms with Gasteiger partial charge in [0.25, 0.3) is 0 Å². The van der Waals surface area contributed by atoms with Crippen LogP contribution in [0, 0.1) is 0 Å². The Morgan fingerprint density at radius 1 is 1.08 bits per heavy atom. The molecule has 0 atom stereocenters. The van der Waals surface area contributed by atoms with Crippen molar-refractivity contribution in [3.8, 4) is 5.69 Å². The minimum Gasteiger partial charge on any atom is -0.384 e. The number of rotatable bonds is 1. The molecule has 0 spiro atoms. The van der Waals surface area contributed by atoms with Crippen LogP contribution in [0.2, 0.25) is 0 Å². The van der Waals surface area contributed by atoms with Gasteiger partial charge in [-0.05, 0) is 12.1 Å².